The van der Waals surface area contributed by atoms with E-state index in [2.05, 4.69) is 13.8 Å². The lowest BCUT2D eigenvalue weighted by Crippen LogP contribution is -2.39. The number of carbonyl (C=O) groups excluding carboxylic acids is 1. The van der Waals surface area contributed by atoms with Gasteiger partial charge in [0.2, 0.25) is 0 Å². The Bertz CT molecular complexity index is 564. The van der Waals surface area contributed by atoms with E-state index in [1.165, 1.54) is 12.1 Å². The van der Waals surface area contributed by atoms with Gasteiger partial charge in [-0.25, -0.2) is 8.42 Å². The van der Waals surface area contributed by atoms with Crippen LogP contribution in [0.3, 0.4) is 0 Å². The first-order valence-electron chi connectivity index (χ1n) is 7.42. The summed E-state index contributed by atoms with van der Waals surface area (Å²) in [5.41, 5.74) is 0.541. The van der Waals surface area contributed by atoms with E-state index in [0.29, 0.717) is 5.56 Å². The molecule has 5 heteroatoms. The maximum absolute atomic E-state index is 12.6. The molecule has 0 aliphatic rings. The molecule has 1 aromatic carbocycles. The second-order valence-corrected chi connectivity index (χ2v) is 7.42. The van der Waals surface area contributed by atoms with Crippen molar-refractivity contribution in [1.82, 2.24) is 4.90 Å². The number of nitrogens with zero attached hydrogens (tertiary/aromatic N) is 1. The molecule has 0 heterocycles. The van der Waals surface area contributed by atoms with Crippen LogP contribution in [0.5, 0.6) is 0 Å². The van der Waals surface area contributed by atoms with E-state index in [0.717, 1.165) is 32.1 Å². The predicted molar refractivity (Wildman–Crippen MR) is 85.2 cm³/mol. The molecule has 1 atom stereocenters. The second-order valence-electron chi connectivity index (χ2n) is 5.41. The molecule has 0 aromatic heterocycles. The molecular formula is C16H25NO3S. The standard InChI is InChI=1S/C16H25NO3S/c1-5-7-12-17(13(3)6-2)16(18)14-8-10-15(11-9-14)21(4,19)20/h8-11,13H,5-7,12H2,1-4H3/t13-/m1/s1. The SMILES string of the molecule is CCCCN(C(=O)c1ccc(S(C)(=O)=O)cc1)[C@H](C)CC. The van der Waals surface area contributed by atoms with E-state index in [4.69, 9.17) is 0 Å². The molecule has 1 aromatic rings. The van der Waals surface area contributed by atoms with Crippen LogP contribution in [-0.2, 0) is 9.84 Å². The number of unbranched alkanes of at least 4 members (excludes halogenated alkanes) is 1. The molecule has 1 amide bonds. The highest BCUT2D eigenvalue weighted by molar-refractivity contribution is 7.90. The minimum absolute atomic E-state index is 0.0298. The number of hydrogen-bond acceptors (Lipinski definition) is 3. The Labute approximate surface area is 128 Å². The quantitative estimate of drug-likeness (QED) is 0.777. The van der Waals surface area contributed by atoms with Gasteiger partial charge in [-0.1, -0.05) is 20.3 Å². The Morgan fingerprint density at radius 1 is 1.19 bits per heavy atom. The van der Waals surface area contributed by atoms with Gasteiger partial charge in [0.15, 0.2) is 9.84 Å². The van der Waals surface area contributed by atoms with Crippen molar-refractivity contribution in [2.75, 3.05) is 12.8 Å². The fourth-order valence-electron chi connectivity index (χ4n) is 2.08. The van der Waals surface area contributed by atoms with E-state index < -0.39 is 9.84 Å². The maximum Gasteiger partial charge on any atom is 0.254 e. The van der Waals surface area contributed by atoms with Gasteiger partial charge < -0.3 is 4.90 Å². The van der Waals surface area contributed by atoms with Crippen molar-refractivity contribution in [3.05, 3.63) is 29.8 Å². The van der Waals surface area contributed by atoms with E-state index in [1.54, 1.807) is 12.1 Å². The van der Waals surface area contributed by atoms with Crippen LogP contribution in [0.2, 0.25) is 0 Å². The zero-order valence-electron chi connectivity index (χ0n) is 13.3. The van der Waals surface area contributed by atoms with Crippen LogP contribution < -0.4 is 0 Å². The zero-order chi connectivity index (χ0) is 16.0. The van der Waals surface area contributed by atoms with Crippen molar-refractivity contribution in [2.45, 2.75) is 51.0 Å². The van der Waals surface area contributed by atoms with Crippen molar-refractivity contribution in [3.8, 4) is 0 Å². The highest BCUT2D eigenvalue weighted by atomic mass is 32.2. The average Bonchev–Trinajstić information content (AvgIpc) is 2.46. The Balaban J connectivity index is 2.98. The first kappa shape index (κ1) is 17.7. The van der Waals surface area contributed by atoms with Gasteiger partial charge in [-0.2, -0.15) is 0 Å². The van der Waals surface area contributed by atoms with Crippen LogP contribution in [0.15, 0.2) is 29.2 Å². The zero-order valence-corrected chi connectivity index (χ0v) is 14.1. The van der Waals surface area contributed by atoms with Gasteiger partial charge in [-0.05, 0) is 44.0 Å². The summed E-state index contributed by atoms with van der Waals surface area (Å²) in [4.78, 5) is 14.7. The Hall–Kier alpha value is -1.36. The average molecular weight is 311 g/mol. The van der Waals surface area contributed by atoms with Crippen LogP contribution in [0.1, 0.15) is 50.4 Å². The number of sulfone groups is 1. The van der Waals surface area contributed by atoms with Crippen molar-refractivity contribution < 1.29 is 13.2 Å². The summed E-state index contributed by atoms with van der Waals surface area (Å²) in [5, 5.41) is 0. The van der Waals surface area contributed by atoms with E-state index in [1.807, 2.05) is 11.8 Å². The molecule has 0 aliphatic heterocycles. The molecule has 0 saturated carbocycles. The number of amides is 1. The van der Waals surface area contributed by atoms with Gasteiger partial charge in [0.05, 0.1) is 4.90 Å². The van der Waals surface area contributed by atoms with Crippen LogP contribution in [0.25, 0.3) is 0 Å². The lowest BCUT2D eigenvalue weighted by atomic mass is 10.1. The monoisotopic (exact) mass is 311 g/mol. The highest BCUT2D eigenvalue weighted by Gasteiger charge is 2.20. The van der Waals surface area contributed by atoms with Crippen LogP contribution in [0.4, 0.5) is 0 Å². The molecule has 4 nitrogen and oxygen atoms in total. The van der Waals surface area contributed by atoms with Gasteiger partial charge in [-0.3, -0.25) is 4.79 Å². The Morgan fingerprint density at radius 3 is 2.19 bits per heavy atom. The summed E-state index contributed by atoms with van der Waals surface area (Å²) in [6.07, 6.45) is 4.07. The normalized spacial score (nSPS) is 13.0. The molecule has 118 valence electrons. The van der Waals surface area contributed by atoms with Crippen molar-refractivity contribution in [3.63, 3.8) is 0 Å². The van der Waals surface area contributed by atoms with E-state index in [9.17, 15) is 13.2 Å². The van der Waals surface area contributed by atoms with E-state index >= 15 is 0 Å². The Morgan fingerprint density at radius 2 is 1.76 bits per heavy atom. The van der Waals surface area contributed by atoms with Gasteiger partial charge in [-0.15, -0.1) is 0 Å². The summed E-state index contributed by atoms with van der Waals surface area (Å²) in [6, 6.07) is 6.37. The minimum atomic E-state index is -3.23. The summed E-state index contributed by atoms with van der Waals surface area (Å²) >= 11 is 0. The molecule has 1 rings (SSSR count). The molecule has 0 radical (unpaired) electrons. The third-order valence-electron chi connectivity index (χ3n) is 3.67. The molecule has 0 spiro atoms. The highest BCUT2D eigenvalue weighted by Crippen LogP contribution is 2.15. The molecule has 0 aliphatic carbocycles. The van der Waals surface area contributed by atoms with Crippen molar-refractivity contribution >= 4 is 15.7 Å². The molecule has 0 saturated heterocycles. The van der Waals surface area contributed by atoms with Crippen LogP contribution >= 0.6 is 0 Å². The predicted octanol–water partition coefficient (Wildman–Crippen LogP) is 3.13. The lowest BCUT2D eigenvalue weighted by Gasteiger charge is -2.28. The minimum Gasteiger partial charge on any atom is -0.336 e. The third kappa shape index (κ3) is 4.84. The molecular weight excluding hydrogens is 286 g/mol. The summed E-state index contributed by atoms with van der Waals surface area (Å²) in [6.45, 7) is 6.93. The summed E-state index contributed by atoms with van der Waals surface area (Å²) in [7, 11) is -3.23. The Kier molecular flexibility index (Phi) is 6.40. The van der Waals surface area contributed by atoms with Crippen molar-refractivity contribution in [1.29, 1.82) is 0 Å². The number of carbonyl (C=O) groups is 1. The molecule has 0 bridgehead atoms. The topological polar surface area (TPSA) is 54.5 Å². The summed E-state index contributed by atoms with van der Waals surface area (Å²) in [5.74, 6) is -0.0298. The summed E-state index contributed by atoms with van der Waals surface area (Å²) < 4.78 is 22.9. The number of benzene rings is 1. The molecule has 0 fully saturated rings. The lowest BCUT2D eigenvalue weighted by molar-refractivity contribution is 0.0685. The van der Waals surface area contributed by atoms with Gasteiger partial charge >= 0.3 is 0 Å². The first-order chi connectivity index (χ1) is 9.81. The fraction of sp³-hybridized carbons (Fsp3) is 0.562. The van der Waals surface area contributed by atoms with Crippen LogP contribution in [0, 0.1) is 0 Å². The fourth-order valence-corrected chi connectivity index (χ4v) is 2.71. The maximum atomic E-state index is 12.6. The third-order valence-corrected chi connectivity index (χ3v) is 4.79. The van der Waals surface area contributed by atoms with E-state index in [-0.39, 0.29) is 16.8 Å². The number of rotatable bonds is 7. The van der Waals surface area contributed by atoms with Gasteiger partial charge in [0.1, 0.15) is 0 Å². The molecule has 0 N–H and O–H groups in total. The van der Waals surface area contributed by atoms with Crippen molar-refractivity contribution in [2.24, 2.45) is 0 Å². The van der Waals surface area contributed by atoms with Crippen LogP contribution in [-0.4, -0.2) is 38.1 Å². The number of hydrogen-bond donors (Lipinski definition) is 0. The smallest absolute Gasteiger partial charge is 0.254 e. The second kappa shape index (κ2) is 7.59. The molecule has 0 unspecified atom stereocenters. The molecule has 21 heavy (non-hydrogen) atoms. The van der Waals surface area contributed by atoms with Gasteiger partial charge in [0.25, 0.3) is 5.91 Å². The first-order valence-corrected chi connectivity index (χ1v) is 9.31. The largest absolute Gasteiger partial charge is 0.336 e. The van der Waals surface area contributed by atoms with Gasteiger partial charge in [0, 0.05) is 24.4 Å².